The molecule has 54 valence electrons. The number of benzene rings is 1. The van der Waals surface area contributed by atoms with E-state index in [1.165, 1.54) is 6.07 Å². The van der Waals surface area contributed by atoms with Gasteiger partial charge in [-0.25, -0.2) is 4.39 Å². The maximum absolute atomic E-state index is 12.8. The molecule has 0 aliphatic carbocycles. The Bertz CT molecular complexity index is 210. The van der Waals surface area contributed by atoms with E-state index in [1.807, 2.05) is 12.1 Å². The minimum Gasteiger partial charge on any atom is -0.207 e. The minimum atomic E-state index is -0.0724. The molecule has 0 saturated heterocycles. The summed E-state index contributed by atoms with van der Waals surface area (Å²) in [5, 5.41) is 0. The van der Waals surface area contributed by atoms with Crippen molar-refractivity contribution in [2.24, 2.45) is 0 Å². The Hall–Kier alpha value is -0.420. The summed E-state index contributed by atoms with van der Waals surface area (Å²) >= 11 is 0. The summed E-state index contributed by atoms with van der Waals surface area (Å²) in [6, 6.07) is 6.94. The molecule has 0 N–H and O–H groups in total. The summed E-state index contributed by atoms with van der Waals surface area (Å²) in [5.74, 6) is -0.0724. The van der Waals surface area contributed by atoms with Crippen molar-refractivity contribution in [3.8, 4) is 0 Å². The average molecular weight is 156 g/mol. The van der Waals surface area contributed by atoms with Crippen LogP contribution in [0.3, 0.4) is 0 Å². The highest BCUT2D eigenvalue weighted by atomic mass is 31.1. The van der Waals surface area contributed by atoms with Crippen LogP contribution < -0.4 is 0 Å². The van der Waals surface area contributed by atoms with Gasteiger partial charge in [0.2, 0.25) is 0 Å². The second-order valence-electron chi connectivity index (χ2n) is 2.12. The van der Waals surface area contributed by atoms with Crippen LogP contribution in [0.1, 0.15) is 5.56 Å². The van der Waals surface area contributed by atoms with E-state index < -0.39 is 0 Å². The van der Waals surface area contributed by atoms with Crippen LogP contribution in [0.25, 0.3) is 0 Å². The van der Waals surface area contributed by atoms with Gasteiger partial charge in [-0.05, 0) is 24.5 Å². The molecule has 0 amide bonds. The topological polar surface area (TPSA) is 0 Å². The molecule has 0 aliphatic heterocycles. The van der Waals surface area contributed by atoms with Gasteiger partial charge in [-0.15, -0.1) is 8.58 Å². The second-order valence-corrected chi connectivity index (χ2v) is 3.18. The molecule has 0 aliphatic rings. The third-order valence-electron chi connectivity index (χ3n) is 1.33. The van der Waals surface area contributed by atoms with Crippen molar-refractivity contribution >= 4 is 8.58 Å². The van der Waals surface area contributed by atoms with Crippen LogP contribution >= 0.6 is 8.58 Å². The highest BCUT2D eigenvalue weighted by molar-refractivity contribution is 7.36. The first-order valence-electron chi connectivity index (χ1n) is 3.22. The largest absolute Gasteiger partial charge is 0.207 e. The summed E-state index contributed by atoms with van der Waals surface area (Å²) < 4.78 is 12.8. The van der Waals surface area contributed by atoms with Gasteiger partial charge in [0, 0.05) is 0 Å². The lowest BCUT2D eigenvalue weighted by Crippen LogP contribution is -1.83. The van der Waals surface area contributed by atoms with Gasteiger partial charge >= 0.3 is 0 Å². The van der Waals surface area contributed by atoms with Crippen molar-refractivity contribution in [3.63, 3.8) is 0 Å². The lowest BCUT2D eigenvalue weighted by molar-refractivity contribution is 0.617. The Morgan fingerprint density at radius 3 is 2.70 bits per heavy atom. The molecule has 1 rings (SSSR count). The Morgan fingerprint density at radius 2 is 2.10 bits per heavy atom. The van der Waals surface area contributed by atoms with Crippen molar-refractivity contribution in [2.45, 2.75) is 6.16 Å². The fraction of sp³-hybridized carbons (Fsp3) is 0.250. The lowest BCUT2D eigenvalue weighted by atomic mass is 10.2. The van der Waals surface area contributed by atoms with E-state index in [0.29, 0.717) is 0 Å². The molecule has 1 atom stereocenters. The molecule has 1 unspecified atom stereocenters. The zero-order chi connectivity index (χ0) is 7.40. The maximum atomic E-state index is 12.8. The van der Waals surface area contributed by atoms with E-state index in [0.717, 1.165) is 20.3 Å². The predicted octanol–water partition coefficient (Wildman–Crippen LogP) is 2.63. The predicted molar refractivity (Wildman–Crippen MR) is 44.3 cm³/mol. The lowest BCUT2D eigenvalue weighted by Gasteiger charge is -1.97. The molecule has 0 bridgehead atoms. The van der Waals surface area contributed by atoms with Gasteiger partial charge < -0.3 is 0 Å². The molecule has 2 heteroatoms. The fourth-order valence-corrected chi connectivity index (χ4v) is 1.50. The molecule has 0 spiro atoms. The van der Waals surface area contributed by atoms with E-state index in [9.17, 15) is 4.39 Å². The fourth-order valence-electron chi connectivity index (χ4n) is 0.832. The van der Waals surface area contributed by atoms with Gasteiger partial charge in [0.1, 0.15) is 5.82 Å². The molecule has 1 aromatic rings. The standard InChI is InChI=1S/C8H10FP/c1-10-6-7-4-2-3-5-8(7)9/h2-5,10H,6H2,1H3. The zero-order valence-electron chi connectivity index (χ0n) is 5.89. The van der Waals surface area contributed by atoms with Crippen LogP contribution in [-0.4, -0.2) is 6.66 Å². The maximum Gasteiger partial charge on any atom is 0.126 e. The first-order chi connectivity index (χ1) is 4.84. The first kappa shape index (κ1) is 7.68. The van der Waals surface area contributed by atoms with Crippen LogP contribution in [0, 0.1) is 5.82 Å². The van der Waals surface area contributed by atoms with Crippen molar-refractivity contribution in [1.82, 2.24) is 0 Å². The SMILES string of the molecule is CPCc1ccccc1F. The Morgan fingerprint density at radius 1 is 1.40 bits per heavy atom. The molecular weight excluding hydrogens is 146 g/mol. The van der Waals surface area contributed by atoms with Crippen LogP contribution in [0.15, 0.2) is 24.3 Å². The summed E-state index contributed by atoms with van der Waals surface area (Å²) in [5.41, 5.74) is 0.836. The van der Waals surface area contributed by atoms with Crippen LogP contribution in [0.4, 0.5) is 4.39 Å². The third kappa shape index (κ3) is 1.78. The number of halogens is 1. The van der Waals surface area contributed by atoms with Crippen molar-refractivity contribution in [3.05, 3.63) is 35.6 Å². The van der Waals surface area contributed by atoms with Crippen molar-refractivity contribution < 1.29 is 4.39 Å². The first-order valence-corrected chi connectivity index (χ1v) is 4.93. The summed E-state index contributed by atoms with van der Waals surface area (Å²) in [7, 11) is 0.792. The average Bonchev–Trinajstić information content (AvgIpc) is 1.94. The van der Waals surface area contributed by atoms with Gasteiger partial charge in [-0.3, -0.25) is 0 Å². The van der Waals surface area contributed by atoms with Crippen LogP contribution in [0.5, 0.6) is 0 Å². The minimum absolute atomic E-state index is 0.0724. The van der Waals surface area contributed by atoms with Crippen molar-refractivity contribution in [1.29, 1.82) is 0 Å². The van der Waals surface area contributed by atoms with Gasteiger partial charge in [0.25, 0.3) is 0 Å². The number of hydrogen-bond donors (Lipinski definition) is 0. The van der Waals surface area contributed by atoms with Gasteiger partial charge in [-0.1, -0.05) is 18.2 Å². The highest BCUT2D eigenvalue weighted by Crippen LogP contribution is 2.16. The molecule has 0 nitrogen and oxygen atoms in total. The highest BCUT2D eigenvalue weighted by Gasteiger charge is 1.96. The Kier molecular flexibility index (Phi) is 2.82. The third-order valence-corrected chi connectivity index (χ3v) is 2.06. The number of hydrogen-bond acceptors (Lipinski definition) is 0. The quantitative estimate of drug-likeness (QED) is 0.577. The monoisotopic (exact) mass is 156 g/mol. The Balaban J connectivity index is 2.81. The molecule has 0 heterocycles. The van der Waals surface area contributed by atoms with Crippen LogP contribution in [0.2, 0.25) is 0 Å². The van der Waals surface area contributed by atoms with E-state index in [-0.39, 0.29) is 5.82 Å². The van der Waals surface area contributed by atoms with Crippen LogP contribution in [-0.2, 0) is 6.16 Å². The molecule has 0 radical (unpaired) electrons. The smallest absolute Gasteiger partial charge is 0.126 e. The summed E-state index contributed by atoms with van der Waals surface area (Å²) in [4.78, 5) is 0. The molecular formula is C8H10FP. The normalized spacial score (nSPS) is 11.0. The second kappa shape index (κ2) is 3.68. The van der Waals surface area contributed by atoms with E-state index in [4.69, 9.17) is 0 Å². The molecule has 0 saturated carbocycles. The Labute approximate surface area is 62.2 Å². The van der Waals surface area contributed by atoms with E-state index in [1.54, 1.807) is 6.07 Å². The number of rotatable bonds is 2. The summed E-state index contributed by atoms with van der Waals surface area (Å²) in [6.45, 7) is 2.08. The molecule has 1 aromatic carbocycles. The van der Waals surface area contributed by atoms with E-state index in [2.05, 4.69) is 6.66 Å². The molecule has 10 heavy (non-hydrogen) atoms. The van der Waals surface area contributed by atoms with Gasteiger partial charge in [0.15, 0.2) is 0 Å². The molecule has 0 fully saturated rings. The van der Waals surface area contributed by atoms with Gasteiger partial charge in [-0.2, -0.15) is 0 Å². The van der Waals surface area contributed by atoms with Crippen molar-refractivity contribution in [2.75, 3.05) is 6.66 Å². The van der Waals surface area contributed by atoms with Gasteiger partial charge in [0.05, 0.1) is 0 Å². The van der Waals surface area contributed by atoms with E-state index >= 15 is 0 Å². The summed E-state index contributed by atoms with van der Waals surface area (Å²) in [6.07, 6.45) is 0.868. The molecule has 0 aromatic heterocycles. The zero-order valence-corrected chi connectivity index (χ0v) is 6.89.